The van der Waals surface area contributed by atoms with E-state index in [2.05, 4.69) is 21.7 Å². The smallest absolute Gasteiger partial charge is 0.260 e. The van der Waals surface area contributed by atoms with E-state index in [1.165, 1.54) is 25.7 Å². The summed E-state index contributed by atoms with van der Waals surface area (Å²) in [4.78, 5) is 28.9. The third-order valence-corrected chi connectivity index (χ3v) is 5.90. The van der Waals surface area contributed by atoms with Crippen molar-refractivity contribution in [2.24, 2.45) is 0 Å². The van der Waals surface area contributed by atoms with Gasteiger partial charge in [-0.05, 0) is 83.1 Å². The Morgan fingerprint density at radius 2 is 1.76 bits per heavy atom. The van der Waals surface area contributed by atoms with Crippen molar-refractivity contribution in [2.75, 3.05) is 56.7 Å². The zero-order valence-electron chi connectivity index (χ0n) is 20.5. The van der Waals surface area contributed by atoms with Crippen LogP contribution < -0.4 is 14.5 Å². The Hall–Kier alpha value is -2.67. The van der Waals surface area contributed by atoms with Crippen LogP contribution >= 0.6 is 0 Å². The SMILES string of the molecule is CCCCCOc1ccc(C(=O)N(CCCN(C)C)c2nccc(N3CCCCC3)n2)cc1. The number of ether oxygens (including phenoxy) is 1. The largest absolute Gasteiger partial charge is 0.494 e. The standard InChI is InChI=1S/C26H39N5O2/c1-4-5-9-21-33-23-13-11-22(12-14-23)25(32)31(20-10-17-29(2)3)26-27-16-15-24(28-26)30-18-7-6-8-19-30/h11-16H,4-10,17-21H2,1-3H3. The van der Waals surface area contributed by atoms with Gasteiger partial charge in [-0.2, -0.15) is 4.98 Å². The van der Waals surface area contributed by atoms with Gasteiger partial charge in [0.15, 0.2) is 0 Å². The van der Waals surface area contributed by atoms with Crippen LogP contribution in [0.1, 0.15) is 62.2 Å². The van der Waals surface area contributed by atoms with Crippen LogP contribution in [-0.2, 0) is 0 Å². The van der Waals surface area contributed by atoms with Gasteiger partial charge < -0.3 is 14.5 Å². The van der Waals surface area contributed by atoms with E-state index >= 15 is 0 Å². The van der Waals surface area contributed by atoms with E-state index in [0.29, 0.717) is 24.7 Å². The molecular weight excluding hydrogens is 414 g/mol. The molecule has 2 heterocycles. The topological polar surface area (TPSA) is 61.8 Å². The van der Waals surface area contributed by atoms with Crippen molar-refractivity contribution in [1.29, 1.82) is 0 Å². The normalized spacial score (nSPS) is 13.9. The number of piperidine rings is 1. The maximum atomic E-state index is 13.5. The second-order valence-electron chi connectivity index (χ2n) is 8.96. The molecule has 2 aromatic rings. The highest BCUT2D eigenvalue weighted by molar-refractivity contribution is 6.05. The first kappa shape index (κ1) is 25.0. The molecule has 0 spiro atoms. The molecule has 1 aliphatic rings. The van der Waals surface area contributed by atoms with Crippen LogP contribution in [0.4, 0.5) is 11.8 Å². The van der Waals surface area contributed by atoms with Gasteiger partial charge in [-0.15, -0.1) is 0 Å². The minimum Gasteiger partial charge on any atom is -0.494 e. The lowest BCUT2D eigenvalue weighted by atomic mass is 10.1. The third kappa shape index (κ3) is 7.70. The van der Waals surface area contributed by atoms with Crippen LogP contribution in [0.15, 0.2) is 36.5 Å². The van der Waals surface area contributed by atoms with Gasteiger partial charge >= 0.3 is 0 Å². The van der Waals surface area contributed by atoms with Crippen molar-refractivity contribution in [3.8, 4) is 5.75 Å². The molecule has 7 nitrogen and oxygen atoms in total. The minimum absolute atomic E-state index is 0.0814. The Morgan fingerprint density at radius 3 is 2.45 bits per heavy atom. The van der Waals surface area contributed by atoms with E-state index in [-0.39, 0.29) is 5.91 Å². The first-order valence-electron chi connectivity index (χ1n) is 12.4. The number of unbranched alkanes of at least 4 members (excludes halogenated alkanes) is 2. The molecule has 1 saturated heterocycles. The molecule has 1 aliphatic heterocycles. The van der Waals surface area contributed by atoms with E-state index in [1.54, 1.807) is 11.1 Å². The maximum Gasteiger partial charge on any atom is 0.260 e. The minimum atomic E-state index is -0.0814. The van der Waals surface area contributed by atoms with Gasteiger partial charge in [0.05, 0.1) is 6.61 Å². The molecule has 0 saturated carbocycles. The second-order valence-corrected chi connectivity index (χ2v) is 8.96. The van der Waals surface area contributed by atoms with E-state index in [9.17, 15) is 4.79 Å². The molecule has 0 atom stereocenters. The Balaban J connectivity index is 1.75. The van der Waals surface area contributed by atoms with Gasteiger partial charge in [0, 0.05) is 31.4 Å². The molecule has 1 fully saturated rings. The zero-order chi connectivity index (χ0) is 23.5. The lowest BCUT2D eigenvalue weighted by Crippen LogP contribution is -2.36. The van der Waals surface area contributed by atoms with Gasteiger partial charge in [-0.25, -0.2) is 4.98 Å². The first-order valence-corrected chi connectivity index (χ1v) is 12.4. The number of anilines is 2. The molecule has 1 aromatic carbocycles. The molecule has 1 amide bonds. The fraction of sp³-hybridized carbons (Fsp3) is 0.577. The Kier molecular flexibility index (Phi) is 9.94. The van der Waals surface area contributed by atoms with Crippen LogP contribution in [0.5, 0.6) is 5.75 Å². The average molecular weight is 454 g/mol. The van der Waals surface area contributed by atoms with Crippen LogP contribution in [-0.4, -0.2) is 67.7 Å². The molecule has 33 heavy (non-hydrogen) atoms. The maximum absolute atomic E-state index is 13.5. The molecule has 3 rings (SSSR count). The van der Waals surface area contributed by atoms with E-state index in [1.807, 2.05) is 44.4 Å². The Morgan fingerprint density at radius 1 is 1.00 bits per heavy atom. The molecule has 7 heteroatoms. The van der Waals surface area contributed by atoms with Crippen LogP contribution in [0.2, 0.25) is 0 Å². The predicted molar refractivity (Wildman–Crippen MR) is 134 cm³/mol. The molecule has 0 N–H and O–H groups in total. The fourth-order valence-corrected chi connectivity index (χ4v) is 4.00. The molecule has 0 aliphatic carbocycles. The number of hydrogen-bond donors (Lipinski definition) is 0. The van der Waals surface area contributed by atoms with E-state index in [4.69, 9.17) is 9.72 Å². The quantitative estimate of drug-likeness (QED) is 0.437. The van der Waals surface area contributed by atoms with Crippen molar-refractivity contribution >= 4 is 17.7 Å². The lowest BCUT2D eigenvalue weighted by molar-refractivity contribution is 0.0984. The van der Waals surface area contributed by atoms with Crippen LogP contribution in [0.3, 0.4) is 0 Å². The molecule has 180 valence electrons. The van der Waals surface area contributed by atoms with Gasteiger partial charge in [0.2, 0.25) is 5.95 Å². The highest BCUT2D eigenvalue weighted by Gasteiger charge is 2.22. The highest BCUT2D eigenvalue weighted by atomic mass is 16.5. The summed E-state index contributed by atoms with van der Waals surface area (Å²) in [5, 5.41) is 0. The average Bonchev–Trinajstić information content (AvgIpc) is 2.85. The van der Waals surface area contributed by atoms with Crippen LogP contribution in [0, 0.1) is 0 Å². The summed E-state index contributed by atoms with van der Waals surface area (Å²) in [6.07, 6.45) is 9.61. The van der Waals surface area contributed by atoms with E-state index in [0.717, 1.165) is 50.5 Å². The molecule has 1 aromatic heterocycles. The summed E-state index contributed by atoms with van der Waals surface area (Å²) in [5.74, 6) is 2.09. The number of amides is 1. The van der Waals surface area contributed by atoms with Gasteiger partial charge in [-0.3, -0.25) is 9.69 Å². The van der Waals surface area contributed by atoms with E-state index < -0.39 is 0 Å². The van der Waals surface area contributed by atoms with Crippen molar-refractivity contribution in [1.82, 2.24) is 14.9 Å². The molecular formula is C26H39N5O2. The number of carbonyl (C=O) groups excluding carboxylic acids is 1. The first-order chi connectivity index (χ1) is 16.1. The van der Waals surface area contributed by atoms with Gasteiger partial charge in [0.25, 0.3) is 5.91 Å². The number of nitrogens with zero attached hydrogens (tertiary/aromatic N) is 5. The van der Waals surface area contributed by atoms with Gasteiger partial charge in [-0.1, -0.05) is 19.8 Å². The summed E-state index contributed by atoms with van der Waals surface area (Å²) in [6.45, 7) is 6.34. The number of hydrogen-bond acceptors (Lipinski definition) is 6. The van der Waals surface area contributed by atoms with Crippen molar-refractivity contribution < 1.29 is 9.53 Å². The Labute approximate surface area is 198 Å². The van der Waals surface area contributed by atoms with Crippen molar-refractivity contribution in [3.63, 3.8) is 0 Å². The molecule has 0 unspecified atom stereocenters. The second kappa shape index (κ2) is 13.1. The molecule has 0 radical (unpaired) electrons. The Bertz CT molecular complexity index is 850. The highest BCUT2D eigenvalue weighted by Crippen LogP contribution is 2.22. The number of rotatable bonds is 12. The summed E-state index contributed by atoms with van der Waals surface area (Å²) >= 11 is 0. The predicted octanol–water partition coefficient (Wildman–Crippen LogP) is 4.63. The summed E-state index contributed by atoms with van der Waals surface area (Å²) in [5.41, 5.74) is 0.618. The third-order valence-electron chi connectivity index (χ3n) is 5.90. The number of carbonyl (C=O) groups is 1. The summed E-state index contributed by atoms with van der Waals surface area (Å²) in [7, 11) is 4.08. The van der Waals surface area contributed by atoms with Crippen LogP contribution in [0.25, 0.3) is 0 Å². The zero-order valence-corrected chi connectivity index (χ0v) is 20.5. The lowest BCUT2D eigenvalue weighted by Gasteiger charge is -2.29. The van der Waals surface area contributed by atoms with Crippen molar-refractivity contribution in [3.05, 3.63) is 42.1 Å². The number of aromatic nitrogens is 2. The van der Waals surface area contributed by atoms with Gasteiger partial charge in [0.1, 0.15) is 11.6 Å². The molecule has 0 bridgehead atoms. The summed E-state index contributed by atoms with van der Waals surface area (Å²) in [6, 6.07) is 9.38. The monoisotopic (exact) mass is 453 g/mol. The fourth-order valence-electron chi connectivity index (χ4n) is 4.00. The number of benzene rings is 1. The van der Waals surface area contributed by atoms with Crippen molar-refractivity contribution in [2.45, 2.75) is 51.9 Å². The summed E-state index contributed by atoms with van der Waals surface area (Å²) < 4.78 is 5.80.